The molecule has 100 valence electrons. The normalized spacial score (nSPS) is 22.4. The van der Waals surface area contributed by atoms with Crippen molar-refractivity contribution in [2.45, 2.75) is 37.8 Å². The monoisotopic (exact) mass is 249 g/mol. The molecule has 1 fully saturated rings. The van der Waals surface area contributed by atoms with E-state index in [1.54, 1.807) is 0 Å². The first-order valence-corrected chi connectivity index (χ1v) is 6.87. The van der Waals surface area contributed by atoms with Crippen molar-refractivity contribution in [2.75, 3.05) is 19.8 Å². The Hall–Kier alpha value is -0.900. The largest absolute Gasteiger partial charge is 0.395 e. The van der Waals surface area contributed by atoms with Crippen LogP contribution in [0.25, 0.3) is 0 Å². The fourth-order valence-corrected chi connectivity index (χ4v) is 2.48. The first-order chi connectivity index (χ1) is 8.88. The quantitative estimate of drug-likeness (QED) is 0.835. The van der Waals surface area contributed by atoms with Crippen molar-refractivity contribution in [3.8, 4) is 0 Å². The highest BCUT2D eigenvalue weighted by Crippen LogP contribution is 2.10. The van der Waals surface area contributed by atoms with Crippen LogP contribution in [-0.4, -0.2) is 37.0 Å². The minimum absolute atomic E-state index is 0.149. The van der Waals surface area contributed by atoms with E-state index in [2.05, 4.69) is 17.4 Å². The lowest BCUT2D eigenvalue weighted by molar-refractivity contribution is 0.141. The van der Waals surface area contributed by atoms with Crippen LogP contribution in [0.1, 0.15) is 24.8 Å². The van der Waals surface area contributed by atoms with Gasteiger partial charge in [-0.2, -0.15) is 0 Å². The summed E-state index contributed by atoms with van der Waals surface area (Å²) in [4.78, 5) is 0. The minimum atomic E-state index is 0.149. The highest BCUT2D eigenvalue weighted by molar-refractivity contribution is 5.15. The van der Waals surface area contributed by atoms with Gasteiger partial charge in [0.2, 0.25) is 0 Å². The molecule has 1 heterocycles. The Labute approximate surface area is 109 Å². The summed E-state index contributed by atoms with van der Waals surface area (Å²) in [6, 6.07) is 11.0. The summed E-state index contributed by atoms with van der Waals surface area (Å²) in [5.74, 6) is 0. The van der Waals surface area contributed by atoms with Gasteiger partial charge in [-0.3, -0.25) is 0 Å². The molecule has 1 unspecified atom stereocenters. The first kappa shape index (κ1) is 13.5. The van der Waals surface area contributed by atoms with Crippen LogP contribution in [0.5, 0.6) is 0 Å². The van der Waals surface area contributed by atoms with Gasteiger partial charge in [0.15, 0.2) is 0 Å². The maximum Gasteiger partial charge on any atom is 0.0587 e. The van der Waals surface area contributed by atoms with Gasteiger partial charge in [-0.25, -0.2) is 0 Å². The standard InChI is InChI=1S/C15H23NO2/c17-12-15(11-13-5-2-1-3-6-13)16-14-7-4-9-18-10-8-14/h1-3,5-6,14-17H,4,7-12H2/t14?,15-/m1/s1. The van der Waals surface area contributed by atoms with E-state index >= 15 is 0 Å². The molecule has 1 aliphatic rings. The first-order valence-electron chi connectivity index (χ1n) is 6.87. The molecule has 3 heteroatoms. The smallest absolute Gasteiger partial charge is 0.0587 e. The van der Waals surface area contributed by atoms with Crippen molar-refractivity contribution in [2.24, 2.45) is 0 Å². The van der Waals surface area contributed by atoms with Crippen LogP contribution in [-0.2, 0) is 11.2 Å². The van der Waals surface area contributed by atoms with E-state index in [-0.39, 0.29) is 12.6 Å². The van der Waals surface area contributed by atoms with E-state index < -0.39 is 0 Å². The Morgan fingerprint density at radius 2 is 2.06 bits per heavy atom. The predicted octanol–water partition coefficient (Wildman–Crippen LogP) is 1.75. The highest BCUT2D eigenvalue weighted by atomic mass is 16.5. The average Bonchev–Trinajstić information content (AvgIpc) is 2.68. The third-order valence-electron chi connectivity index (χ3n) is 3.47. The van der Waals surface area contributed by atoms with Crippen LogP contribution in [0, 0.1) is 0 Å². The molecule has 0 aromatic heterocycles. The van der Waals surface area contributed by atoms with Gasteiger partial charge in [0.05, 0.1) is 6.61 Å². The van der Waals surface area contributed by atoms with E-state index in [0.29, 0.717) is 6.04 Å². The molecule has 1 aliphatic heterocycles. The lowest BCUT2D eigenvalue weighted by Gasteiger charge is -2.23. The van der Waals surface area contributed by atoms with Crippen molar-refractivity contribution in [3.05, 3.63) is 35.9 Å². The maximum absolute atomic E-state index is 9.49. The fourth-order valence-electron chi connectivity index (χ4n) is 2.48. The molecular weight excluding hydrogens is 226 g/mol. The predicted molar refractivity (Wildman–Crippen MR) is 72.6 cm³/mol. The summed E-state index contributed by atoms with van der Waals surface area (Å²) in [5, 5.41) is 13.1. The van der Waals surface area contributed by atoms with Crippen molar-refractivity contribution < 1.29 is 9.84 Å². The zero-order valence-corrected chi connectivity index (χ0v) is 10.8. The van der Waals surface area contributed by atoms with Gasteiger partial charge in [-0.05, 0) is 31.2 Å². The third kappa shape index (κ3) is 4.41. The molecule has 1 aromatic rings. The molecule has 0 bridgehead atoms. The summed E-state index contributed by atoms with van der Waals surface area (Å²) < 4.78 is 5.46. The Kier molecular flexibility index (Phi) is 5.65. The molecule has 18 heavy (non-hydrogen) atoms. The van der Waals surface area contributed by atoms with Gasteiger partial charge in [0.25, 0.3) is 0 Å². The minimum Gasteiger partial charge on any atom is -0.395 e. The number of rotatable bonds is 5. The Bertz CT molecular complexity index is 321. The summed E-state index contributed by atoms with van der Waals surface area (Å²) in [6.45, 7) is 1.90. The third-order valence-corrected chi connectivity index (χ3v) is 3.47. The Balaban J connectivity index is 1.84. The van der Waals surface area contributed by atoms with Gasteiger partial charge in [0, 0.05) is 25.3 Å². The van der Waals surface area contributed by atoms with Gasteiger partial charge < -0.3 is 15.2 Å². The zero-order chi connectivity index (χ0) is 12.6. The summed E-state index contributed by atoms with van der Waals surface area (Å²) in [7, 11) is 0. The van der Waals surface area contributed by atoms with E-state index in [4.69, 9.17) is 4.74 Å². The summed E-state index contributed by atoms with van der Waals surface area (Å²) >= 11 is 0. The molecule has 0 radical (unpaired) electrons. The highest BCUT2D eigenvalue weighted by Gasteiger charge is 2.16. The maximum atomic E-state index is 9.49. The van der Waals surface area contributed by atoms with E-state index in [1.807, 2.05) is 18.2 Å². The van der Waals surface area contributed by atoms with Gasteiger partial charge in [0.1, 0.15) is 0 Å². The number of hydrogen-bond acceptors (Lipinski definition) is 3. The zero-order valence-electron chi connectivity index (χ0n) is 10.8. The second kappa shape index (κ2) is 7.52. The summed E-state index contributed by atoms with van der Waals surface area (Å²) in [6.07, 6.45) is 4.19. The van der Waals surface area contributed by atoms with E-state index in [1.165, 1.54) is 5.56 Å². The molecule has 1 aromatic carbocycles. The topological polar surface area (TPSA) is 41.5 Å². The molecule has 0 spiro atoms. The van der Waals surface area contributed by atoms with Crippen LogP contribution in [0.15, 0.2) is 30.3 Å². The fraction of sp³-hybridized carbons (Fsp3) is 0.600. The second-order valence-electron chi connectivity index (χ2n) is 4.98. The van der Waals surface area contributed by atoms with Crippen LogP contribution >= 0.6 is 0 Å². The van der Waals surface area contributed by atoms with Gasteiger partial charge in [-0.1, -0.05) is 30.3 Å². The van der Waals surface area contributed by atoms with Gasteiger partial charge >= 0.3 is 0 Å². The number of benzene rings is 1. The molecule has 3 nitrogen and oxygen atoms in total. The van der Waals surface area contributed by atoms with Crippen LogP contribution in [0.3, 0.4) is 0 Å². The van der Waals surface area contributed by atoms with Crippen LogP contribution in [0.2, 0.25) is 0 Å². The molecule has 0 aliphatic carbocycles. The van der Waals surface area contributed by atoms with Crippen molar-refractivity contribution >= 4 is 0 Å². The van der Waals surface area contributed by atoms with Crippen molar-refractivity contribution in [3.63, 3.8) is 0 Å². The molecule has 2 N–H and O–H groups in total. The Morgan fingerprint density at radius 3 is 2.83 bits per heavy atom. The molecule has 2 atom stereocenters. The number of hydrogen-bond donors (Lipinski definition) is 2. The van der Waals surface area contributed by atoms with Crippen molar-refractivity contribution in [1.29, 1.82) is 0 Å². The van der Waals surface area contributed by atoms with Crippen LogP contribution < -0.4 is 5.32 Å². The van der Waals surface area contributed by atoms with E-state index in [0.717, 1.165) is 38.9 Å². The average molecular weight is 249 g/mol. The molecule has 1 saturated heterocycles. The number of aliphatic hydroxyl groups excluding tert-OH is 1. The molecule has 2 rings (SSSR count). The van der Waals surface area contributed by atoms with Crippen molar-refractivity contribution in [1.82, 2.24) is 5.32 Å². The second-order valence-corrected chi connectivity index (χ2v) is 4.98. The van der Waals surface area contributed by atoms with Crippen LogP contribution in [0.4, 0.5) is 0 Å². The lowest BCUT2D eigenvalue weighted by atomic mass is 10.0. The number of nitrogens with one attached hydrogen (secondary N) is 1. The molecular formula is C15H23NO2. The summed E-state index contributed by atoms with van der Waals surface area (Å²) in [5.41, 5.74) is 1.27. The van der Waals surface area contributed by atoms with Gasteiger partial charge in [-0.15, -0.1) is 0 Å². The lowest BCUT2D eigenvalue weighted by Crippen LogP contribution is -2.42. The molecule has 0 saturated carbocycles. The van der Waals surface area contributed by atoms with E-state index in [9.17, 15) is 5.11 Å². The SMILES string of the molecule is OC[C@@H](Cc1ccccc1)NC1CCCOCC1. The number of aliphatic hydroxyl groups is 1. The Morgan fingerprint density at radius 1 is 1.22 bits per heavy atom. The molecule has 0 amide bonds. The number of ether oxygens (including phenoxy) is 1.